The van der Waals surface area contributed by atoms with E-state index in [1.165, 1.54) is 0 Å². The molecule has 204 valence electrons. The Morgan fingerprint density at radius 1 is 0.778 bits per heavy atom. The van der Waals surface area contributed by atoms with E-state index in [1.807, 2.05) is 6.92 Å². The van der Waals surface area contributed by atoms with E-state index in [0.29, 0.717) is 44.6 Å². The first kappa shape index (κ1) is 24.7. The third-order valence-electron chi connectivity index (χ3n) is 13.1. The quantitative estimate of drug-likeness (QED) is 0.228. The molecule has 4 saturated carbocycles. The molecule has 36 heavy (non-hydrogen) atoms. The summed E-state index contributed by atoms with van der Waals surface area (Å²) in [6.45, 7) is 6.70. The Bertz CT molecular complexity index is 995. The summed E-state index contributed by atoms with van der Waals surface area (Å²) in [4.78, 5) is 2.12. The van der Waals surface area contributed by atoms with Crippen molar-refractivity contribution in [3.8, 4) is 0 Å². The monoisotopic (exact) mass is 509 g/mol. The molecular formula is C27H43NO8. The van der Waals surface area contributed by atoms with Crippen LogP contribution in [0.15, 0.2) is 0 Å². The van der Waals surface area contributed by atoms with Gasteiger partial charge in [0.2, 0.25) is 0 Å². The molecule has 0 aromatic heterocycles. The third kappa shape index (κ3) is 2.27. The second-order valence-corrected chi connectivity index (χ2v) is 14.3. The van der Waals surface area contributed by atoms with Crippen LogP contribution in [0, 0.1) is 29.1 Å². The number of rotatable bonds is 0. The van der Waals surface area contributed by atoms with Gasteiger partial charge in [-0.05, 0) is 51.4 Å². The molecule has 3 heterocycles. The molecule has 0 aromatic carbocycles. The van der Waals surface area contributed by atoms with E-state index in [9.17, 15) is 35.7 Å². The summed E-state index contributed by atoms with van der Waals surface area (Å²) in [6, 6.07) is -0.360. The van der Waals surface area contributed by atoms with Crippen molar-refractivity contribution < 1.29 is 40.5 Å². The molecule has 1 spiro atoms. The van der Waals surface area contributed by atoms with Crippen molar-refractivity contribution in [2.24, 2.45) is 29.1 Å². The summed E-state index contributed by atoms with van der Waals surface area (Å²) in [5, 5.41) is 83.2. The fourth-order valence-electron chi connectivity index (χ4n) is 11.3. The fourth-order valence-corrected chi connectivity index (χ4v) is 11.3. The zero-order valence-corrected chi connectivity index (χ0v) is 21.6. The highest BCUT2D eigenvalue weighted by Crippen LogP contribution is 2.78. The predicted octanol–water partition coefficient (Wildman–Crippen LogP) is -0.526. The van der Waals surface area contributed by atoms with E-state index in [0.717, 1.165) is 6.42 Å². The van der Waals surface area contributed by atoms with E-state index in [4.69, 9.17) is 4.74 Å². The van der Waals surface area contributed by atoms with Gasteiger partial charge in [-0.15, -0.1) is 0 Å². The summed E-state index contributed by atoms with van der Waals surface area (Å²) in [5.41, 5.74) is -9.07. The first-order chi connectivity index (χ1) is 16.6. The van der Waals surface area contributed by atoms with Crippen LogP contribution in [0.1, 0.15) is 72.1 Å². The summed E-state index contributed by atoms with van der Waals surface area (Å²) >= 11 is 0. The van der Waals surface area contributed by atoms with Crippen molar-refractivity contribution in [3.05, 3.63) is 0 Å². The van der Waals surface area contributed by atoms with Crippen LogP contribution in [-0.2, 0) is 4.74 Å². The first-order valence-corrected chi connectivity index (χ1v) is 14.0. The van der Waals surface area contributed by atoms with Gasteiger partial charge in [0, 0.05) is 55.1 Å². The Kier molecular flexibility index (Phi) is 4.57. The summed E-state index contributed by atoms with van der Waals surface area (Å²) in [6.07, 6.45) is 0.752. The standard InChI is InChI=1S/C27H43NO8/c1-14-4-7-18-22(3,31)26(34)17(12-28(18)11-14)24(33)13-25-16(23(24,32)10-20(26)30)6-5-15-21(25,2)9-8-19(29)27(15,35)36-25/h14-20,29-35H,4-13H2,1-3H3/t14-,15-,16-,17-,18-,19-,20-,21-,22?,23+,24+,25+,26-,27-/m0/s1. The lowest BCUT2D eigenvalue weighted by molar-refractivity contribution is -0.354. The van der Waals surface area contributed by atoms with Crippen molar-refractivity contribution in [2.45, 2.75) is 124 Å². The number of hydrogen-bond donors (Lipinski definition) is 7. The Morgan fingerprint density at radius 2 is 1.47 bits per heavy atom. The van der Waals surface area contributed by atoms with Crippen LogP contribution < -0.4 is 0 Å². The summed E-state index contributed by atoms with van der Waals surface area (Å²) < 4.78 is 6.52. The van der Waals surface area contributed by atoms with Gasteiger partial charge in [0.15, 0.2) is 5.79 Å². The highest BCUT2D eigenvalue weighted by Gasteiger charge is 2.88. The molecule has 4 aliphatic carbocycles. The zero-order valence-electron chi connectivity index (χ0n) is 21.6. The molecule has 7 fully saturated rings. The molecule has 9 heteroatoms. The highest BCUT2D eigenvalue weighted by atomic mass is 16.7. The summed E-state index contributed by atoms with van der Waals surface area (Å²) in [5.74, 6) is -3.30. The van der Waals surface area contributed by atoms with Crippen LogP contribution in [0.4, 0.5) is 0 Å². The lowest BCUT2D eigenvalue weighted by Gasteiger charge is -2.68. The average Bonchev–Trinajstić information content (AvgIpc) is 2.97. The minimum Gasteiger partial charge on any atom is -0.390 e. The SMILES string of the molecule is C[C@H]1CC[C@@H]2N(C1)C[C@@H]1[C@](O)([C@@H](O)C[C@@]3(O)[C@@H]4CC[C@@H]5[C@]6(O)O[C@@]4(C[C@@]13O)[C@@]5(C)CC[C@@H]6O)C2(C)O. The van der Waals surface area contributed by atoms with Gasteiger partial charge in [0.1, 0.15) is 28.5 Å². The van der Waals surface area contributed by atoms with Gasteiger partial charge >= 0.3 is 0 Å². The lowest BCUT2D eigenvalue weighted by Crippen LogP contribution is -2.85. The molecule has 0 amide bonds. The molecule has 9 nitrogen and oxygen atoms in total. The molecule has 1 unspecified atom stereocenters. The largest absolute Gasteiger partial charge is 0.390 e. The Balaban J connectivity index is 1.39. The fraction of sp³-hybridized carbons (Fsp3) is 1.00. The molecular weight excluding hydrogens is 466 g/mol. The van der Waals surface area contributed by atoms with Crippen LogP contribution in [0.3, 0.4) is 0 Å². The normalized spacial score (nSPS) is 68.0. The van der Waals surface area contributed by atoms with Gasteiger partial charge in [0.25, 0.3) is 0 Å². The maximum Gasteiger partial charge on any atom is 0.196 e. The van der Waals surface area contributed by atoms with Gasteiger partial charge in [-0.2, -0.15) is 0 Å². The number of piperidine rings is 2. The second kappa shape index (κ2) is 6.67. The van der Waals surface area contributed by atoms with Crippen molar-refractivity contribution in [1.29, 1.82) is 0 Å². The van der Waals surface area contributed by atoms with Crippen LogP contribution in [0.25, 0.3) is 0 Å². The number of aliphatic hydroxyl groups excluding tert-OH is 2. The van der Waals surface area contributed by atoms with Crippen LogP contribution in [-0.4, -0.2) is 106 Å². The lowest BCUT2D eigenvalue weighted by atomic mass is 9.49. The van der Waals surface area contributed by atoms with E-state index in [2.05, 4.69) is 11.8 Å². The van der Waals surface area contributed by atoms with E-state index in [1.54, 1.807) is 6.92 Å². The third-order valence-corrected chi connectivity index (χ3v) is 13.1. The average molecular weight is 510 g/mol. The predicted molar refractivity (Wildman–Crippen MR) is 126 cm³/mol. The maximum atomic E-state index is 12.7. The smallest absolute Gasteiger partial charge is 0.196 e. The van der Waals surface area contributed by atoms with E-state index >= 15 is 0 Å². The van der Waals surface area contributed by atoms with E-state index in [-0.39, 0.29) is 31.3 Å². The van der Waals surface area contributed by atoms with Crippen LogP contribution in [0.5, 0.6) is 0 Å². The molecule has 14 atom stereocenters. The Hall–Kier alpha value is -0.360. The number of fused-ring (bicyclic) bond motifs is 5. The van der Waals surface area contributed by atoms with Crippen LogP contribution in [0.2, 0.25) is 0 Å². The maximum absolute atomic E-state index is 12.7. The minimum atomic E-state index is -2.02. The van der Waals surface area contributed by atoms with E-state index < -0.39 is 63.3 Å². The van der Waals surface area contributed by atoms with Crippen LogP contribution >= 0.6 is 0 Å². The van der Waals surface area contributed by atoms with Gasteiger partial charge in [-0.1, -0.05) is 13.8 Å². The van der Waals surface area contributed by atoms with Gasteiger partial charge < -0.3 is 40.5 Å². The van der Waals surface area contributed by atoms with Crippen molar-refractivity contribution >= 4 is 0 Å². The highest BCUT2D eigenvalue weighted by molar-refractivity contribution is 5.37. The number of nitrogens with zero attached hydrogens (tertiary/aromatic N) is 1. The second-order valence-electron chi connectivity index (χ2n) is 14.3. The first-order valence-electron chi connectivity index (χ1n) is 14.0. The number of aliphatic hydroxyl groups is 7. The molecule has 0 aromatic rings. The molecule has 3 aliphatic heterocycles. The van der Waals surface area contributed by atoms with Gasteiger partial charge in [-0.3, -0.25) is 4.90 Å². The van der Waals surface area contributed by atoms with Gasteiger partial charge in [-0.25, -0.2) is 0 Å². The molecule has 3 saturated heterocycles. The van der Waals surface area contributed by atoms with Crippen molar-refractivity contribution in [1.82, 2.24) is 4.90 Å². The van der Waals surface area contributed by atoms with Crippen molar-refractivity contribution in [3.63, 3.8) is 0 Å². The summed E-state index contributed by atoms with van der Waals surface area (Å²) in [7, 11) is 0. The molecule has 0 radical (unpaired) electrons. The Morgan fingerprint density at radius 3 is 2.19 bits per heavy atom. The molecule has 4 bridgehead atoms. The van der Waals surface area contributed by atoms with Crippen molar-refractivity contribution in [2.75, 3.05) is 13.1 Å². The minimum absolute atomic E-state index is 0.0208. The number of hydrogen-bond acceptors (Lipinski definition) is 9. The van der Waals surface area contributed by atoms with Gasteiger partial charge in [0.05, 0.1) is 11.7 Å². The zero-order chi connectivity index (χ0) is 25.9. The molecule has 7 rings (SSSR count). The molecule has 7 aliphatic rings. The topological polar surface area (TPSA) is 154 Å². The number of ether oxygens (including phenoxy) is 1. The Labute approximate surface area is 212 Å². The molecule has 7 N–H and O–H groups in total.